The van der Waals surface area contributed by atoms with E-state index in [0.29, 0.717) is 17.7 Å². The Labute approximate surface area is 119 Å². The molecule has 2 bridgehead atoms. The fourth-order valence-electron chi connectivity index (χ4n) is 4.76. The molecule has 20 heavy (non-hydrogen) atoms. The number of nitrogens with one attached hydrogen (secondary N) is 1. The van der Waals surface area contributed by atoms with Gasteiger partial charge in [0.05, 0.1) is 6.10 Å². The molecule has 2 aliphatic carbocycles. The van der Waals surface area contributed by atoms with Crippen LogP contribution in [0.25, 0.3) is 0 Å². The normalized spacial score (nSPS) is 38.2. The Morgan fingerprint density at radius 3 is 3.00 bits per heavy atom. The zero-order valence-electron chi connectivity index (χ0n) is 11.8. The minimum absolute atomic E-state index is 0.00116. The molecule has 4 rings (SSSR count). The van der Waals surface area contributed by atoms with Crippen molar-refractivity contribution < 1.29 is 10.2 Å². The van der Waals surface area contributed by atoms with E-state index in [-0.39, 0.29) is 11.5 Å². The number of aliphatic hydroxyl groups excluding tert-OH is 1. The molecule has 4 atom stereocenters. The second-order valence-corrected chi connectivity index (χ2v) is 6.64. The third-order valence-electron chi connectivity index (χ3n) is 5.58. The summed E-state index contributed by atoms with van der Waals surface area (Å²) in [6, 6.07) is 4.27. The summed E-state index contributed by atoms with van der Waals surface area (Å²) < 4.78 is 0. The van der Waals surface area contributed by atoms with E-state index in [2.05, 4.69) is 18.3 Å². The van der Waals surface area contributed by atoms with E-state index in [9.17, 15) is 10.2 Å². The number of hydrogen-bond donors (Lipinski definition) is 3. The Morgan fingerprint density at radius 1 is 1.30 bits per heavy atom. The highest BCUT2D eigenvalue weighted by molar-refractivity contribution is 5.50. The van der Waals surface area contributed by atoms with Crippen molar-refractivity contribution in [3.8, 4) is 5.75 Å². The van der Waals surface area contributed by atoms with E-state index < -0.39 is 0 Å². The van der Waals surface area contributed by atoms with Crippen LogP contribution in [0.3, 0.4) is 0 Å². The van der Waals surface area contributed by atoms with Crippen LogP contribution in [-0.2, 0) is 11.8 Å². The topological polar surface area (TPSA) is 52.5 Å². The predicted octanol–water partition coefficient (Wildman–Crippen LogP) is 1.79. The van der Waals surface area contributed by atoms with Gasteiger partial charge in [-0.1, -0.05) is 12.2 Å². The van der Waals surface area contributed by atoms with Crippen LogP contribution in [-0.4, -0.2) is 28.9 Å². The Kier molecular flexibility index (Phi) is 2.54. The third kappa shape index (κ3) is 1.54. The SMILES string of the molecule is Cc1cc(O)cc2c1C[C@H]1NCC[C@@]23C[C@@H](O)C=C[C@@H]13. The molecule has 1 aromatic rings. The molecule has 3 N–H and O–H groups in total. The standard InChI is InChI=1S/C17H21NO2/c1-10-6-12(20)7-15-13(10)8-16-14-3-2-11(19)9-17(14,15)4-5-18-16/h2-3,6-7,11,14,16,18-20H,4-5,8-9H2,1H3/t11-,14-,16+,17-/m0/s1. The Bertz CT molecular complexity index is 595. The molecular formula is C17H21NO2. The van der Waals surface area contributed by atoms with Gasteiger partial charge in [-0.2, -0.15) is 0 Å². The van der Waals surface area contributed by atoms with Crippen LogP contribution in [0.15, 0.2) is 24.3 Å². The summed E-state index contributed by atoms with van der Waals surface area (Å²) in [6.45, 7) is 3.08. The van der Waals surface area contributed by atoms with Crippen LogP contribution in [0.5, 0.6) is 5.75 Å². The fourth-order valence-corrected chi connectivity index (χ4v) is 4.76. The maximum absolute atomic E-state index is 10.1. The Hall–Kier alpha value is -1.32. The van der Waals surface area contributed by atoms with E-state index in [1.807, 2.05) is 18.2 Å². The maximum atomic E-state index is 10.1. The number of rotatable bonds is 0. The lowest BCUT2D eigenvalue weighted by Gasteiger charge is -2.55. The van der Waals surface area contributed by atoms with Gasteiger partial charge in [0, 0.05) is 17.4 Å². The van der Waals surface area contributed by atoms with E-state index in [1.54, 1.807) is 0 Å². The third-order valence-corrected chi connectivity index (χ3v) is 5.58. The molecule has 1 heterocycles. The lowest BCUT2D eigenvalue weighted by molar-refractivity contribution is 0.0823. The van der Waals surface area contributed by atoms with Crippen LogP contribution in [0, 0.1) is 12.8 Å². The summed E-state index contributed by atoms with van der Waals surface area (Å²) in [7, 11) is 0. The number of phenols is 1. The molecule has 3 nitrogen and oxygen atoms in total. The second-order valence-electron chi connectivity index (χ2n) is 6.64. The second kappa shape index (κ2) is 4.09. The van der Waals surface area contributed by atoms with Crippen LogP contribution in [0.2, 0.25) is 0 Å². The van der Waals surface area contributed by atoms with Crippen molar-refractivity contribution in [3.63, 3.8) is 0 Å². The molecule has 3 aliphatic rings. The fraction of sp³-hybridized carbons (Fsp3) is 0.529. The monoisotopic (exact) mass is 271 g/mol. The molecule has 0 spiro atoms. The summed E-state index contributed by atoms with van der Waals surface area (Å²) in [6.07, 6.45) is 6.62. The van der Waals surface area contributed by atoms with Crippen LogP contribution < -0.4 is 5.32 Å². The van der Waals surface area contributed by atoms with Crippen molar-refractivity contribution in [1.82, 2.24) is 5.32 Å². The number of piperidine rings is 1. The molecule has 0 saturated carbocycles. The van der Waals surface area contributed by atoms with E-state index >= 15 is 0 Å². The zero-order valence-corrected chi connectivity index (χ0v) is 11.8. The number of aryl methyl sites for hydroxylation is 1. The quantitative estimate of drug-likeness (QED) is 0.631. The van der Waals surface area contributed by atoms with Gasteiger partial charge in [0.1, 0.15) is 5.75 Å². The molecule has 1 aromatic carbocycles. The van der Waals surface area contributed by atoms with Gasteiger partial charge in [0.2, 0.25) is 0 Å². The van der Waals surface area contributed by atoms with Gasteiger partial charge in [-0.25, -0.2) is 0 Å². The average Bonchev–Trinajstić information content (AvgIpc) is 2.39. The number of hydrogen-bond acceptors (Lipinski definition) is 3. The number of aromatic hydroxyl groups is 1. The maximum Gasteiger partial charge on any atom is 0.116 e. The van der Waals surface area contributed by atoms with Gasteiger partial charge in [0.25, 0.3) is 0 Å². The van der Waals surface area contributed by atoms with Crippen LogP contribution in [0.4, 0.5) is 0 Å². The van der Waals surface area contributed by atoms with Gasteiger partial charge in [-0.15, -0.1) is 0 Å². The molecule has 0 aromatic heterocycles. The molecule has 0 unspecified atom stereocenters. The molecule has 1 fully saturated rings. The zero-order chi connectivity index (χ0) is 13.9. The summed E-state index contributed by atoms with van der Waals surface area (Å²) in [5.41, 5.74) is 3.83. The van der Waals surface area contributed by atoms with Crippen LogP contribution in [0.1, 0.15) is 29.5 Å². The van der Waals surface area contributed by atoms with Crippen molar-refractivity contribution >= 4 is 0 Å². The van der Waals surface area contributed by atoms with Gasteiger partial charge in [-0.05, 0) is 61.6 Å². The summed E-state index contributed by atoms with van der Waals surface area (Å²) in [4.78, 5) is 0. The minimum atomic E-state index is -0.362. The number of phenolic OH excluding ortho intramolecular Hbond substituents is 1. The smallest absolute Gasteiger partial charge is 0.116 e. The average molecular weight is 271 g/mol. The molecule has 1 aliphatic heterocycles. The van der Waals surface area contributed by atoms with Gasteiger partial charge in [-0.3, -0.25) is 0 Å². The van der Waals surface area contributed by atoms with E-state index in [4.69, 9.17) is 0 Å². The lowest BCUT2D eigenvalue weighted by Crippen LogP contribution is -2.59. The van der Waals surface area contributed by atoms with Crippen molar-refractivity contribution in [1.29, 1.82) is 0 Å². The van der Waals surface area contributed by atoms with Gasteiger partial charge in [0.15, 0.2) is 0 Å². The predicted molar refractivity (Wildman–Crippen MR) is 77.9 cm³/mol. The van der Waals surface area contributed by atoms with Crippen molar-refractivity contribution in [3.05, 3.63) is 41.0 Å². The number of aliphatic hydroxyl groups is 1. The number of fused-ring (bicyclic) bond motifs is 1. The summed E-state index contributed by atoms with van der Waals surface area (Å²) in [5.74, 6) is 0.795. The lowest BCUT2D eigenvalue weighted by atomic mass is 9.54. The highest BCUT2D eigenvalue weighted by Crippen LogP contribution is 2.52. The highest BCUT2D eigenvalue weighted by atomic mass is 16.3. The molecule has 106 valence electrons. The largest absolute Gasteiger partial charge is 0.508 e. The first-order chi connectivity index (χ1) is 9.60. The van der Waals surface area contributed by atoms with E-state index in [1.165, 1.54) is 16.7 Å². The molecule has 0 amide bonds. The van der Waals surface area contributed by atoms with Crippen molar-refractivity contribution in [2.24, 2.45) is 5.92 Å². The molecular weight excluding hydrogens is 250 g/mol. The van der Waals surface area contributed by atoms with Crippen LogP contribution >= 0.6 is 0 Å². The van der Waals surface area contributed by atoms with E-state index in [0.717, 1.165) is 25.8 Å². The molecule has 0 radical (unpaired) electrons. The van der Waals surface area contributed by atoms with Gasteiger partial charge >= 0.3 is 0 Å². The first kappa shape index (κ1) is 12.4. The highest BCUT2D eigenvalue weighted by Gasteiger charge is 2.52. The first-order valence-electron chi connectivity index (χ1n) is 7.53. The minimum Gasteiger partial charge on any atom is -0.508 e. The Balaban J connectivity index is 1.97. The first-order valence-corrected chi connectivity index (χ1v) is 7.53. The van der Waals surface area contributed by atoms with Gasteiger partial charge < -0.3 is 15.5 Å². The summed E-state index contributed by atoms with van der Waals surface area (Å²) in [5, 5.41) is 23.8. The Morgan fingerprint density at radius 2 is 2.15 bits per heavy atom. The van der Waals surface area contributed by atoms with Crippen molar-refractivity contribution in [2.45, 2.75) is 43.7 Å². The summed E-state index contributed by atoms with van der Waals surface area (Å²) >= 11 is 0. The van der Waals surface area contributed by atoms with Crippen molar-refractivity contribution in [2.75, 3.05) is 6.54 Å². The molecule has 3 heteroatoms. The number of benzene rings is 1. The molecule has 1 saturated heterocycles.